The molecule has 0 unspecified atom stereocenters. The van der Waals surface area contributed by atoms with Crippen LogP contribution in [-0.4, -0.2) is 42.0 Å². The van der Waals surface area contributed by atoms with Crippen molar-refractivity contribution < 1.29 is 18.0 Å². The molecule has 2 heterocycles. The largest absolute Gasteiger partial charge is 0.332 e. The number of hydrogen-bond donors (Lipinski definition) is 0. The zero-order valence-corrected chi connectivity index (χ0v) is 18.6. The number of sulfone groups is 1. The first-order chi connectivity index (χ1) is 14.5. The van der Waals surface area contributed by atoms with E-state index in [1.165, 1.54) is 24.3 Å². The topological polar surface area (TPSA) is 87.7 Å². The average Bonchev–Trinajstić information content (AvgIpc) is 2.87. The number of carbonyl (C=O) groups excluding carboxylic acids is 2. The molecule has 2 aromatic carbocycles. The lowest BCUT2D eigenvalue weighted by molar-refractivity contribution is -0.123. The molecule has 1 aliphatic rings. The predicted octanol–water partition coefficient (Wildman–Crippen LogP) is 3.69. The first-order valence-corrected chi connectivity index (χ1v) is 11.7. The van der Waals surface area contributed by atoms with Gasteiger partial charge in [0.2, 0.25) is 0 Å². The number of benzene rings is 2. The fraction of sp³-hybridized carbons (Fsp3) is 0.261. The summed E-state index contributed by atoms with van der Waals surface area (Å²) >= 11 is 0. The summed E-state index contributed by atoms with van der Waals surface area (Å²) in [5, 5.41) is 0.931. The molecule has 1 aliphatic heterocycles. The Morgan fingerprint density at radius 1 is 1.00 bits per heavy atom. The number of amides is 3. The first kappa shape index (κ1) is 21.0. The molecule has 8 heteroatoms. The van der Waals surface area contributed by atoms with Gasteiger partial charge in [0.05, 0.1) is 16.1 Å². The lowest BCUT2D eigenvalue weighted by Crippen LogP contribution is -2.43. The standard InChI is InChI=1S/C23H23N3O4S/c1-15-13-16(19-7-5-6-8-20(19)24-15)14-25-22(28)26(21(27)23(25,2)3)17-9-11-18(12-10-17)31(4,29)30/h5-13H,14H2,1-4H3. The molecule has 4 rings (SSSR count). The number of urea groups is 1. The maximum absolute atomic E-state index is 13.3. The Morgan fingerprint density at radius 2 is 1.65 bits per heavy atom. The van der Waals surface area contributed by atoms with Crippen LogP contribution in [0.3, 0.4) is 0 Å². The molecule has 0 bridgehead atoms. The molecule has 0 N–H and O–H groups in total. The van der Waals surface area contributed by atoms with Crippen LogP contribution in [0.4, 0.5) is 10.5 Å². The van der Waals surface area contributed by atoms with Gasteiger partial charge in [-0.1, -0.05) is 18.2 Å². The first-order valence-electron chi connectivity index (χ1n) is 9.82. The highest BCUT2D eigenvalue weighted by molar-refractivity contribution is 7.90. The van der Waals surface area contributed by atoms with Gasteiger partial charge in [0, 0.05) is 23.9 Å². The molecule has 160 valence electrons. The Morgan fingerprint density at radius 3 is 2.29 bits per heavy atom. The third-order valence-electron chi connectivity index (χ3n) is 5.60. The summed E-state index contributed by atoms with van der Waals surface area (Å²) in [6.07, 6.45) is 1.11. The molecule has 0 saturated carbocycles. The van der Waals surface area contributed by atoms with Crippen molar-refractivity contribution in [3.63, 3.8) is 0 Å². The van der Waals surface area contributed by atoms with Gasteiger partial charge in [-0.25, -0.2) is 18.1 Å². The number of imide groups is 1. The summed E-state index contributed by atoms with van der Waals surface area (Å²) in [5.74, 6) is -0.361. The number of anilines is 1. The van der Waals surface area contributed by atoms with Crippen LogP contribution < -0.4 is 4.90 Å². The van der Waals surface area contributed by atoms with Crippen LogP contribution in [0.5, 0.6) is 0 Å². The molecule has 3 amide bonds. The Hall–Kier alpha value is -3.26. The van der Waals surface area contributed by atoms with E-state index in [1.54, 1.807) is 18.7 Å². The van der Waals surface area contributed by atoms with Gasteiger partial charge in [-0.2, -0.15) is 0 Å². The van der Waals surface area contributed by atoms with Gasteiger partial charge < -0.3 is 4.90 Å². The molecular formula is C23H23N3O4S. The summed E-state index contributed by atoms with van der Waals surface area (Å²) in [4.78, 5) is 33.8. The van der Waals surface area contributed by atoms with Crippen LogP contribution in [-0.2, 0) is 21.2 Å². The third-order valence-corrected chi connectivity index (χ3v) is 6.73. The van der Waals surface area contributed by atoms with E-state index in [-0.39, 0.29) is 17.3 Å². The molecule has 0 atom stereocenters. The van der Waals surface area contributed by atoms with Crippen molar-refractivity contribution in [2.24, 2.45) is 0 Å². The molecular weight excluding hydrogens is 414 g/mol. The maximum atomic E-state index is 13.3. The molecule has 1 saturated heterocycles. The second kappa shape index (κ2) is 7.16. The number of carbonyl (C=O) groups is 2. The third kappa shape index (κ3) is 3.57. The van der Waals surface area contributed by atoms with Crippen LogP contribution in [0.1, 0.15) is 25.1 Å². The molecule has 1 aromatic heterocycles. The van der Waals surface area contributed by atoms with Crippen molar-refractivity contribution in [3.05, 3.63) is 65.9 Å². The summed E-state index contributed by atoms with van der Waals surface area (Å²) < 4.78 is 23.5. The molecule has 31 heavy (non-hydrogen) atoms. The van der Waals surface area contributed by atoms with E-state index in [2.05, 4.69) is 4.98 Å². The summed E-state index contributed by atoms with van der Waals surface area (Å²) in [6.45, 7) is 5.58. The van der Waals surface area contributed by atoms with Gasteiger partial charge in [-0.3, -0.25) is 9.78 Å². The van der Waals surface area contributed by atoms with Gasteiger partial charge in [-0.05, 0) is 62.7 Å². The van der Waals surface area contributed by atoms with Crippen molar-refractivity contribution in [3.8, 4) is 0 Å². The van der Waals surface area contributed by atoms with Crippen molar-refractivity contribution in [2.45, 2.75) is 37.8 Å². The van der Waals surface area contributed by atoms with Crippen molar-refractivity contribution in [2.75, 3.05) is 11.2 Å². The lowest BCUT2D eigenvalue weighted by atomic mass is 10.0. The van der Waals surface area contributed by atoms with Gasteiger partial charge in [0.1, 0.15) is 5.54 Å². The zero-order chi connectivity index (χ0) is 22.6. The van der Waals surface area contributed by atoms with Gasteiger partial charge in [0.15, 0.2) is 9.84 Å². The zero-order valence-electron chi connectivity index (χ0n) is 17.8. The van der Waals surface area contributed by atoms with E-state index >= 15 is 0 Å². The Labute approximate surface area is 181 Å². The number of fused-ring (bicyclic) bond motifs is 1. The van der Waals surface area contributed by atoms with Crippen molar-refractivity contribution in [1.29, 1.82) is 0 Å². The summed E-state index contributed by atoms with van der Waals surface area (Å²) in [6, 6.07) is 15.0. The summed E-state index contributed by atoms with van der Waals surface area (Å²) in [7, 11) is -3.37. The number of nitrogens with zero attached hydrogens (tertiary/aromatic N) is 3. The van der Waals surface area contributed by atoms with E-state index < -0.39 is 21.4 Å². The molecule has 1 fully saturated rings. The van der Waals surface area contributed by atoms with Crippen molar-refractivity contribution >= 4 is 38.4 Å². The highest BCUT2D eigenvalue weighted by atomic mass is 32.2. The monoisotopic (exact) mass is 437 g/mol. The van der Waals surface area contributed by atoms with E-state index in [9.17, 15) is 18.0 Å². The smallest absolute Gasteiger partial charge is 0.305 e. The lowest BCUT2D eigenvalue weighted by Gasteiger charge is -2.28. The number of aryl methyl sites for hydroxylation is 1. The molecule has 3 aromatic rings. The molecule has 7 nitrogen and oxygen atoms in total. The Bertz CT molecular complexity index is 1310. The highest BCUT2D eigenvalue weighted by Crippen LogP contribution is 2.34. The van der Waals surface area contributed by atoms with Crippen LogP contribution in [0, 0.1) is 6.92 Å². The quantitative estimate of drug-likeness (QED) is 0.581. The molecule has 0 aliphatic carbocycles. The Balaban J connectivity index is 1.72. The van der Waals surface area contributed by atoms with Crippen LogP contribution >= 0.6 is 0 Å². The minimum Gasteiger partial charge on any atom is -0.305 e. The number of hydrogen-bond acceptors (Lipinski definition) is 5. The van der Waals surface area contributed by atoms with E-state index in [1.807, 2.05) is 37.3 Å². The van der Waals surface area contributed by atoms with Gasteiger partial charge in [-0.15, -0.1) is 0 Å². The number of aromatic nitrogens is 1. The second-order valence-electron chi connectivity index (χ2n) is 8.27. The average molecular weight is 438 g/mol. The maximum Gasteiger partial charge on any atom is 0.332 e. The Kier molecular flexibility index (Phi) is 4.85. The van der Waals surface area contributed by atoms with Gasteiger partial charge in [0.25, 0.3) is 5.91 Å². The molecule has 0 spiro atoms. The highest BCUT2D eigenvalue weighted by Gasteiger charge is 2.51. The van der Waals surface area contributed by atoms with Crippen LogP contribution in [0.2, 0.25) is 0 Å². The predicted molar refractivity (Wildman–Crippen MR) is 119 cm³/mol. The fourth-order valence-electron chi connectivity index (χ4n) is 3.87. The summed E-state index contributed by atoms with van der Waals surface area (Å²) in [5.41, 5.74) is 1.85. The second-order valence-corrected chi connectivity index (χ2v) is 10.3. The SMILES string of the molecule is Cc1cc(CN2C(=O)N(c3ccc(S(C)(=O)=O)cc3)C(=O)C2(C)C)c2ccccc2n1. The normalized spacial score (nSPS) is 16.4. The number of rotatable bonds is 4. The van der Waals surface area contributed by atoms with E-state index in [4.69, 9.17) is 0 Å². The van der Waals surface area contributed by atoms with E-state index in [0.29, 0.717) is 5.69 Å². The van der Waals surface area contributed by atoms with Crippen LogP contribution in [0.15, 0.2) is 59.5 Å². The number of para-hydroxylation sites is 1. The fourth-order valence-corrected chi connectivity index (χ4v) is 4.50. The minimum absolute atomic E-state index is 0.130. The molecule has 0 radical (unpaired) electrons. The van der Waals surface area contributed by atoms with E-state index in [0.717, 1.165) is 33.3 Å². The number of pyridine rings is 1. The van der Waals surface area contributed by atoms with Crippen molar-refractivity contribution in [1.82, 2.24) is 9.88 Å². The van der Waals surface area contributed by atoms with Gasteiger partial charge >= 0.3 is 6.03 Å². The van der Waals surface area contributed by atoms with Crippen LogP contribution in [0.25, 0.3) is 10.9 Å². The minimum atomic E-state index is -3.37.